The molecule has 0 unspecified atom stereocenters. The van der Waals surface area contributed by atoms with Gasteiger partial charge in [0.25, 0.3) is 5.56 Å². The molecule has 1 heterocycles. The molecule has 0 fully saturated rings. The Morgan fingerprint density at radius 1 is 1.14 bits per heavy atom. The van der Waals surface area contributed by atoms with Crippen LogP contribution < -0.4 is 15.0 Å². The van der Waals surface area contributed by atoms with Crippen LogP contribution in [-0.2, 0) is 6.18 Å². The number of alkyl halides is 3. The molecule has 37 heavy (non-hydrogen) atoms. The van der Waals surface area contributed by atoms with Gasteiger partial charge in [-0.05, 0) is 37.3 Å². The zero-order valence-electron chi connectivity index (χ0n) is 19.5. The Kier molecular flexibility index (Phi) is 6.92. The van der Waals surface area contributed by atoms with E-state index in [1.165, 1.54) is 37.4 Å². The number of nitro groups is 1. The van der Waals surface area contributed by atoms with Crippen molar-refractivity contribution in [3.8, 4) is 22.9 Å². The van der Waals surface area contributed by atoms with Crippen LogP contribution in [0.5, 0.6) is 11.5 Å². The Morgan fingerprint density at radius 2 is 1.89 bits per heavy atom. The van der Waals surface area contributed by atoms with Gasteiger partial charge < -0.3 is 9.47 Å². The van der Waals surface area contributed by atoms with Gasteiger partial charge in [-0.25, -0.2) is 4.98 Å². The molecule has 3 aromatic carbocycles. The Hall–Kier alpha value is -4.74. The molecule has 190 valence electrons. The molecule has 0 atom stereocenters. The van der Waals surface area contributed by atoms with Crippen molar-refractivity contribution in [2.75, 3.05) is 13.7 Å². The van der Waals surface area contributed by atoms with Crippen LogP contribution in [0, 0.1) is 10.1 Å². The summed E-state index contributed by atoms with van der Waals surface area (Å²) < 4.78 is 51.5. The maximum absolute atomic E-state index is 13.4. The Balaban J connectivity index is 1.93. The van der Waals surface area contributed by atoms with Crippen molar-refractivity contribution < 1.29 is 27.6 Å². The van der Waals surface area contributed by atoms with Gasteiger partial charge in [-0.15, -0.1) is 0 Å². The molecule has 0 saturated carbocycles. The number of benzene rings is 3. The highest BCUT2D eigenvalue weighted by atomic mass is 19.4. The topological polar surface area (TPSA) is 109 Å². The van der Waals surface area contributed by atoms with E-state index in [4.69, 9.17) is 9.47 Å². The second-order valence-corrected chi connectivity index (χ2v) is 7.65. The van der Waals surface area contributed by atoms with Crippen molar-refractivity contribution in [1.29, 1.82) is 0 Å². The standard InChI is InChI=1S/C25H19F3N4O5/c1-3-37-21-12-15(11-20(32(34)35)22(21)36-2)14-29-31-23(16-7-6-8-17(13-16)25(26,27)28)30-19-10-5-4-9-18(19)24(31)33/h4-14H,3H2,1-2H3. The number of halogens is 3. The van der Waals surface area contributed by atoms with Gasteiger partial charge in [0.05, 0.1) is 41.3 Å². The average Bonchev–Trinajstić information content (AvgIpc) is 2.87. The predicted octanol–water partition coefficient (Wildman–Crippen LogP) is 5.28. The van der Waals surface area contributed by atoms with Crippen LogP contribution in [0.2, 0.25) is 0 Å². The van der Waals surface area contributed by atoms with Crippen molar-refractivity contribution in [2.24, 2.45) is 5.10 Å². The van der Waals surface area contributed by atoms with E-state index in [0.717, 1.165) is 23.0 Å². The average molecular weight is 512 g/mol. The fourth-order valence-corrected chi connectivity index (χ4v) is 3.66. The van der Waals surface area contributed by atoms with E-state index < -0.39 is 27.9 Å². The molecule has 1 aromatic heterocycles. The summed E-state index contributed by atoms with van der Waals surface area (Å²) in [6.45, 7) is 1.88. The van der Waals surface area contributed by atoms with Crippen molar-refractivity contribution in [3.63, 3.8) is 0 Å². The third-order valence-electron chi connectivity index (χ3n) is 5.28. The van der Waals surface area contributed by atoms with E-state index in [1.807, 2.05) is 0 Å². The summed E-state index contributed by atoms with van der Waals surface area (Å²) in [7, 11) is 1.26. The van der Waals surface area contributed by atoms with Crippen LogP contribution in [-0.4, -0.2) is 34.5 Å². The summed E-state index contributed by atoms with van der Waals surface area (Å²) in [5.41, 5.74) is -1.49. The van der Waals surface area contributed by atoms with Crippen molar-refractivity contribution in [1.82, 2.24) is 9.66 Å². The molecule has 0 aliphatic rings. The summed E-state index contributed by atoms with van der Waals surface area (Å²) in [5, 5.41) is 15.9. The summed E-state index contributed by atoms with van der Waals surface area (Å²) >= 11 is 0. The molecule has 4 aromatic rings. The van der Waals surface area contributed by atoms with Crippen molar-refractivity contribution >= 4 is 22.8 Å². The summed E-state index contributed by atoms with van der Waals surface area (Å²) in [6, 6.07) is 13.3. The molecule has 9 nitrogen and oxygen atoms in total. The SMILES string of the molecule is CCOc1cc(C=Nn2c(-c3cccc(C(F)(F)F)c3)nc3ccccc3c2=O)cc([N+](=O)[O-])c1OC. The van der Waals surface area contributed by atoms with E-state index in [1.54, 1.807) is 25.1 Å². The van der Waals surface area contributed by atoms with Gasteiger partial charge in [-0.3, -0.25) is 14.9 Å². The highest BCUT2D eigenvalue weighted by molar-refractivity contribution is 5.84. The first-order valence-electron chi connectivity index (χ1n) is 10.9. The quantitative estimate of drug-likeness (QED) is 0.189. The molecule has 0 bridgehead atoms. The molecule has 12 heteroatoms. The van der Waals surface area contributed by atoms with Crippen molar-refractivity contribution in [3.05, 3.63) is 92.3 Å². The predicted molar refractivity (Wildman–Crippen MR) is 130 cm³/mol. The number of nitrogens with zero attached hydrogens (tertiary/aromatic N) is 4. The normalized spacial score (nSPS) is 11.7. The fraction of sp³-hybridized carbons (Fsp3) is 0.160. The minimum atomic E-state index is -4.61. The minimum absolute atomic E-state index is 0.00513. The zero-order chi connectivity index (χ0) is 26.7. The third kappa shape index (κ3) is 5.13. The fourth-order valence-electron chi connectivity index (χ4n) is 3.66. The number of para-hydroxylation sites is 1. The largest absolute Gasteiger partial charge is 0.490 e. The summed E-state index contributed by atoms with van der Waals surface area (Å²) in [5.74, 6) is -0.139. The number of methoxy groups -OCH3 is 1. The molecule has 0 N–H and O–H groups in total. The van der Waals surface area contributed by atoms with Gasteiger partial charge >= 0.3 is 11.9 Å². The molecular formula is C25H19F3N4O5. The lowest BCUT2D eigenvalue weighted by Crippen LogP contribution is -2.20. The van der Waals surface area contributed by atoms with E-state index >= 15 is 0 Å². The number of aromatic nitrogens is 2. The van der Waals surface area contributed by atoms with E-state index in [9.17, 15) is 28.1 Å². The maximum Gasteiger partial charge on any atom is 0.416 e. The van der Waals surface area contributed by atoms with Crippen LogP contribution in [0.15, 0.2) is 70.6 Å². The molecule has 0 aliphatic heterocycles. The van der Waals surface area contributed by atoms with Gasteiger partial charge in [0, 0.05) is 17.2 Å². The first kappa shape index (κ1) is 25.4. The lowest BCUT2D eigenvalue weighted by Gasteiger charge is -2.12. The Morgan fingerprint density at radius 3 is 2.57 bits per heavy atom. The Bertz CT molecular complexity index is 1580. The van der Waals surface area contributed by atoms with E-state index in [-0.39, 0.29) is 46.0 Å². The monoisotopic (exact) mass is 512 g/mol. The number of hydrogen-bond acceptors (Lipinski definition) is 7. The number of nitro benzene ring substituents is 1. The summed E-state index contributed by atoms with van der Waals surface area (Å²) in [4.78, 5) is 28.6. The second-order valence-electron chi connectivity index (χ2n) is 7.65. The van der Waals surface area contributed by atoms with E-state index in [2.05, 4.69) is 10.1 Å². The molecule has 0 aliphatic carbocycles. The lowest BCUT2D eigenvalue weighted by molar-refractivity contribution is -0.385. The molecule has 0 amide bonds. The molecule has 0 radical (unpaired) electrons. The zero-order valence-corrected chi connectivity index (χ0v) is 19.5. The number of ether oxygens (including phenoxy) is 2. The van der Waals surface area contributed by atoms with Crippen molar-refractivity contribution in [2.45, 2.75) is 13.1 Å². The van der Waals surface area contributed by atoms with E-state index in [0.29, 0.717) is 0 Å². The maximum atomic E-state index is 13.4. The second kappa shape index (κ2) is 10.1. The number of fused-ring (bicyclic) bond motifs is 1. The van der Waals surface area contributed by atoms with Gasteiger partial charge in [-0.1, -0.05) is 24.3 Å². The van der Waals surface area contributed by atoms with Crippen LogP contribution in [0.25, 0.3) is 22.3 Å². The van der Waals surface area contributed by atoms with Crippen LogP contribution in [0.1, 0.15) is 18.1 Å². The third-order valence-corrected chi connectivity index (χ3v) is 5.28. The Labute approximate surface area is 207 Å². The smallest absolute Gasteiger partial charge is 0.416 e. The van der Waals surface area contributed by atoms with Crippen LogP contribution in [0.3, 0.4) is 0 Å². The molecular weight excluding hydrogens is 493 g/mol. The molecule has 0 spiro atoms. The van der Waals surface area contributed by atoms with Crippen LogP contribution in [0.4, 0.5) is 18.9 Å². The highest BCUT2D eigenvalue weighted by Crippen LogP contribution is 2.38. The van der Waals surface area contributed by atoms with Gasteiger partial charge in [0.2, 0.25) is 5.75 Å². The van der Waals surface area contributed by atoms with Gasteiger partial charge in [-0.2, -0.15) is 22.9 Å². The number of rotatable bonds is 7. The highest BCUT2D eigenvalue weighted by Gasteiger charge is 2.31. The van der Waals surface area contributed by atoms with Gasteiger partial charge in [0.1, 0.15) is 0 Å². The minimum Gasteiger partial charge on any atom is -0.490 e. The summed E-state index contributed by atoms with van der Waals surface area (Å²) in [6.07, 6.45) is -3.46. The lowest BCUT2D eigenvalue weighted by atomic mass is 10.1. The first-order valence-corrected chi connectivity index (χ1v) is 10.9. The molecule has 0 saturated heterocycles. The first-order chi connectivity index (χ1) is 17.6. The van der Waals surface area contributed by atoms with Gasteiger partial charge in [0.15, 0.2) is 11.6 Å². The number of hydrogen-bond donors (Lipinski definition) is 0. The molecule has 4 rings (SSSR count). The van der Waals surface area contributed by atoms with Crippen LogP contribution >= 0.6 is 0 Å².